The van der Waals surface area contributed by atoms with Crippen molar-refractivity contribution < 1.29 is 0 Å². The molecule has 0 N–H and O–H groups in total. The average Bonchev–Trinajstić information content (AvgIpc) is 2.19. The highest BCUT2D eigenvalue weighted by molar-refractivity contribution is 7.99. The fraction of sp³-hybridized carbons (Fsp3) is 1.00. The molecule has 1 rings (SSSR count). The van der Waals surface area contributed by atoms with Crippen LogP contribution in [0.25, 0.3) is 0 Å². The molecule has 15 heavy (non-hydrogen) atoms. The van der Waals surface area contributed by atoms with E-state index in [0.717, 1.165) is 25.9 Å². The van der Waals surface area contributed by atoms with Crippen LogP contribution in [-0.2, 0) is 0 Å². The topological polar surface area (TPSA) is 32.7 Å². The van der Waals surface area contributed by atoms with E-state index in [1.165, 1.54) is 37.6 Å². The molecule has 1 aliphatic carbocycles. The fourth-order valence-corrected chi connectivity index (χ4v) is 3.41. The molecule has 1 aliphatic rings. The van der Waals surface area contributed by atoms with E-state index >= 15 is 0 Å². The molecule has 1 fully saturated rings. The van der Waals surface area contributed by atoms with Crippen molar-refractivity contribution in [3.05, 3.63) is 4.91 Å². The molecule has 3 nitrogen and oxygen atoms in total. The Kier molecular flexibility index (Phi) is 5.61. The van der Waals surface area contributed by atoms with E-state index < -0.39 is 0 Å². The third-order valence-corrected chi connectivity index (χ3v) is 4.16. The fourth-order valence-electron chi connectivity index (χ4n) is 2.51. The SMILES string of the molecule is CCCN(C)CC1(SN=O)CCCCC1. The molecule has 0 aromatic heterocycles. The van der Waals surface area contributed by atoms with Crippen LogP contribution >= 0.6 is 11.9 Å². The second-order valence-corrected chi connectivity index (χ2v) is 5.84. The van der Waals surface area contributed by atoms with Crippen LogP contribution in [-0.4, -0.2) is 29.8 Å². The van der Waals surface area contributed by atoms with Gasteiger partial charge >= 0.3 is 0 Å². The van der Waals surface area contributed by atoms with Gasteiger partial charge in [0.1, 0.15) is 0 Å². The van der Waals surface area contributed by atoms with Crippen LogP contribution in [0.15, 0.2) is 4.58 Å². The molecule has 88 valence electrons. The highest BCUT2D eigenvalue weighted by atomic mass is 32.2. The van der Waals surface area contributed by atoms with Crippen molar-refractivity contribution in [2.24, 2.45) is 4.58 Å². The minimum Gasteiger partial charge on any atom is -0.305 e. The Hall–Kier alpha value is -0.0900. The van der Waals surface area contributed by atoms with Crippen LogP contribution in [0.4, 0.5) is 0 Å². The first kappa shape index (κ1) is 13.0. The molecule has 0 aromatic rings. The van der Waals surface area contributed by atoms with Gasteiger partial charge in [0.25, 0.3) is 0 Å². The van der Waals surface area contributed by atoms with Crippen LogP contribution < -0.4 is 0 Å². The zero-order chi connectivity index (χ0) is 11.1. The van der Waals surface area contributed by atoms with Crippen LogP contribution in [0, 0.1) is 4.91 Å². The molecule has 0 bridgehead atoms. The van der Waals surface area contributed by atoms with Crippen molar-refractivity contribution in [3.63, 3.8) is 0 Å². The third kappa shape index (κ3) is 4.11. The first-order chi connectivity index (χ1) is 7.22. The minimum atomic E-state index is 0.115. The molecular formula is C11H22N2OS. The normalized spacial score (nSPS) is 20.5. The summed E-state index contributed by atoms with van der Waals surface area (Å²) in [5.41, 5.74) is 0. The van der Waals surface area contributed by atoms with E-state index in [1.807, 2.05) is 0 Å². The largest absolute Gasteiger partial charge is 0.305 e. The van der Waals surface area contributed by atoms with E-state index in [4.69, 9.17) is 0 Å². The lowest BCUT2D eigenvalue weighted by molar-refractivity contribution is 0.258. The second-order valence-electron chi connectivity index (χ2n) is 4.65. The summed E-state index contributed by atoms with van der Waals surface area (Å²) in [4.78, 5) is 12.8. The van der Waals surface area contributed by atoms with Crippen LogP contribution in [0.1, 0.15) is 45.4 Å². The molecule has 0 atom stereocenters. The van der Waals surface area contributed by atoms with Crippen molar-refractivity contribution in [1.29, 1.82) is 0 Å². The molecule has 4 heteroatoms. The van der Waals surface area contributed by atoms with Gasteiger partial charge in [-0.1, -0.05) is 26.2 Å². The quantitative estimate of drug-likeness (QED) is 0.517. The molecule has 0 aromatic carbocycles. The monoisotopic (exact) mass is 230 g/mol. The van der Waals surface area contributed by atoms with Crippen LogP contribution in [0.5, 0.6) is 0 Å². The van der Waals surface area contributed by atoms with Gasteiger partial charge in [-0.15, -0.1) is 4.91 Å². The average molecular weight is 230 g/mol. The Morgan fingerprint density at radius 2 is 2.00 bits per heavy atom. The standard InChI is InChI=1S/C11H22N2OS/c1-3-9-13(2)10-11(15-12-14)7-5-4-6-8-11/h3-10H2,1-2H3. The zero-order valence-corrected chi connectivity index (χ0v) is 10.7. The summed E-state index contributed by atoms with van der Waals surface area (Å²) in [5, 5.41) is 0. The Morgan fingerprint density at radius 1 is 1.33 bits per heavy atom. The molecule has 0 heterocycles. The van der Waals surface area contributed by atoms with Crippen molar-refractivity contribution >= 4 is 11.9 Å². The van der Waals surface area contributed by atoms with Crippen molar-refractivity contribution in [1.82, 2.24) is 4.90 Å². The van der Waals surface area contributed by atoms with Crippen molar-refractivity contribution in [2.75, 3.05) is 20.1 Å². The molecule has 0 unspecified atom stereocenters. The van der Waals surface area contributed by atoms with Crippen molar-refractivity contribution in [2.45, 2.75) is 50.2 Å². The highest BCUT2D eigenvalue weighted by Gasteiger charge is 2.34. The number of hydrogen-bond donors (Lipinski definition) is 0. The second kappa shape index (κ2) is 6.48. The van der Waals surface area contributed by atoms with Gasteiger partial charge in [-0.3, -0.25) is 0 Å². The third-order valence-electron chi connectivity index (χ3n) is 3.16. The Balaban J connectivity index is 2.51. The summed E-state index contributed by atoms with van der Waals surface area (Å²) in [6, 6.07) is 0. The molecule has 1 saturated carbocycles. The summed E-state index contributed by atoms with van der Waals surface area (Å²) in [5.74, 6) is 0. The lowest BCUT2D eigenvalue weighted by Crippen LogP contribution is -2.40. The Morgan fingerprint density at radius 3 is 2.53 bits per heavy atom. The molecule has 0 radical (unpaired) electrons. The smallest absolute Gasteiger partial charge is 0.0539 e. The lowest BCUT2D eigenvalue weighted by Gasteiger charge is -2.36. The molecular weight excluding hydrogens is 208 g/mol. The first-order valence-corrected chi connectivity index (χ1v) is 6.69. The summed E-state index contributed by atoms with van der Waals surface area (Å²) in [6.07, 6.45) is 7.30. The number of nitroso groups, excluding NO2 is 1. The minimum absolute atomic E-state index is 0.115. The first-order valence-electron chi connectivity index (χ1n) is 5.92. The molecule has 0 aliphatic heterocycles. The predicted octanol–water partition coefficient (Wildman–Crippen LogP) is 3.45. The van der Waals surface area contributed by atoms with Gasteiger partial charge in [-0.25, -0.2) is 0 Å². The summed E-state index contributed by atoms with van der Waals surface area (Å²) < 4.78 is 3.20. The zero-order valence-electron chi connectivity index (χ0n) is 9.87. The van der Waals surface area contributed by atoms with Gasteiger partial charge in [0.2, 0.25) is 0 Å². The molecule has 0 saturated heterocycles. The van der Waals surface area contributed by atoms with Gasteiger partial charge in [0, 0.05) is 23.1 Å². The maximum atomic E-state index is 10.5. The van der Waals surface area contributed by atoms with Crippen molar-refractivity contribution in [3.8, 4) is 0 Å². The van der Waals surface area contributed by atoms with Gasteiger partial charge in [-0.2, -0.15) is 0 Å². The molecule has 0 spiro atoms. The van der Waals surface area contributed by atoms with E-state index in [-0.39, 0.29) is 4.75 Å². The number of hydrogen-bond acceptors (Lipinski definition) is 4. The maximum absolute atomic E-state index is 10.5. The highest BCUT2D eigenvalue weighted by Crippen LogP contribution is 2.40. The Bertz CT molecular complexity index is 193. The van der Waals surface area contributed by atoms with E-state index in [0.29, 0.717) is 0 Å². The summed E-state index contributed by atoms with van der Waals surface area (Å²) in [6.45, 7) is 4.31. The lowest BCUT2D eigenvalue weighted by atomic mass is 9.88. The number of nitrogens with zero attached hydrogens (tertiary/aromatic N) is 2. The van der Waals surface area contributed by atoms with Crippen LogP contribution in [0.2, 0.25) is 0 Å². The van der Waals surface area contributed by atoms with Gasteiger partial charge in [-0.05, 0) is 32.9 Å². The molecule has 0 amide bonds. The van der Waals surface area contributed by atoms with E-state index in [9.17, 15) is 4.91 Å². The summed E-state index contributed by atoms with van der Waals surface area (Å²) in [7, 11) is 2.14. The van der Waals surface area contributed by atoms with E-state index in [1.54, 1.807) is 0 Å². The maximum Gasteiger partial charge on any atom is 0.0539 e. The van der Waals surface area contributed by atoms with Crippen LogP contribution in [0.3, 0.4) is 0 Å². The predicted molar refractivity (Wildman–Crippen MR) is 67.0 cm³/mol. The number of rotatable bonds is 6. The van der Waals surface area contributed by atoms with Gasteiger partial charge in [0.15, 0.2) is 0 Å². The Labute approximate surface area is 97.1 Å². The van der Waals surface area contributed by atoms with Gasteiger partial charge in [0.05, 0.1) is 4.75 Å². The van der Waals surface area contributed by atoms with E-state index in [2.05, 4.69) is 23.5 Å². The summed E-state index contributed by atoms with van der Waals surface area (Å²) >= 11 is 1.28. The van der Waals surface area contributed by atoms with Gasteiger partial charge < -0.3 is 4.90 Å².